The van der Waals surface area contributed by atoms with E-state index in [1.807, 2.05) is 24.3 Å². The molecule has 0 atom stereocenters. The number of fused-ring (bicyclic) bond motifs is 1. The number of aryl methyl sites for hydroxylation is 1. The molecule has 0 radical (unpaired) electrons. The second-order valence-corrected chi connectivity index (χ2v) is 6.35. The zero-order chi connectivity index (χ0) is 18.0. The topological polar surface area (TPSA) is 55.4 Å². The van der Waals surface area contributed by atoms with Crippen LogP contribution in [0, 0.1) is 18.6 Å². The maximum Gasteiger partial charge on any atom is 0.349 e. The molecule has 0 saturated heterocycles. The fourth-order valence-corrected chi connectivity index (χ4v) is 3.45. The van der Waals surface area contributed by atoms with Gasteiger partial charge in [0.15, 0.2) is 6.61 Å². The molecule has 1 N–H and O–H groups in total. The molecule has 128 valence electrons. The fraction of sp³-hybridized carbons (Fsp3) is 0.111. The predicted molar refractivity (Wildman–Crippen MR) is 91.8 cm³/mol. The number of rotatable bonds is 4. The Labute approximate surface area is 146 Å². The number of halogens is 2. The molecule has 25 heavy (non-hydrogen) atoms. The Kier molecular flexibility index (Phi) is 4.76. The van der Waals surface area contributed by atoms with E-state index < -0.39 is 30.1 Å². The Morgan fingerprint density at radius 3 is 2.68 bits per heavy atom. The second-order valence-electron chi connectivity index (χ2n) is 5.30. The smallest absolute Gasteiger partial charge is 0.349 e. The van der Waals surface area contributed by atoms with Gasteiger partial charge in [-0.25, -0.2) is 13.6 Å². The van der Waals surface area contributed by atoms with Crippen LogP contribution in [0.3, 0.4) is 0 Å². The van der Waals surface area contributed by atoms with Gasteiger partial charge in [-0.2, -0.15) is 0 Å². The summed E-state index contributed by atoms with van der Waals surface area (Å²) in [6.45, 7) is 1.21. The van der Waals surface area contributed by atoms with Crippen LogP contribution in [0.5, 0.6) is 0 Å². The number of esters is 1. The normalized spacial score (nSPS) is 10.7. The standard InChI is InChI=1S/C18H13F2NO3S/c1-10-12-4-2-3-5-15(12)25-17(10)18(23)24-9-16(22)21-14-8-11(19)6-7-13(14)20/h2-8H,9H2,1H3,(H,21,22). The fourth-order valence-electron chi connectivity index (χ4n) is 2.35. The van der Waals surface area contributed by atoms with Gasteiger partial charge in [0, 0.05) is 10.8 Å². The van der Waals surface area contributed by atoms with E-state index in [1.54, 1.807) is 6.92 Å². The third kappa shape index (κ3) is 3.66. The van der Waals surface area contributed by atoms with Gasteiger partial charge in [-0.1, -0.05) is 18.2 Å². The van der Waals surface area contributed by atoms with Crippen molar-refractivity contribution in [1.29, 1.82) is 0 Å². The maximum atomic E-state index is 13.5. The number of nitrogens with one attached hydrogen (secondary N) is 1. The van der Waals surface area contributed by atoms with Crippen LogP contribution < -0.4 is 5.32 Å². The molecule has 3 aromatic rings. The number of hydrogen-bond acceptors (Lipinski definition) is 4. The lowest BCUT2D eigenvalue weighted by Crippen LogP contribution is -2.21. The second kappa shape index (κ2) is 6.98. The average molecular weight is 361 g/mol. The van der Waals surface area contributed by atoms with Crippen molar-refractivity contribution < 1.29 is 23.1 Å². The Morgan fingerprint density at radius 1 is 1.16 bits per heavy atom. The van der Waals surface area contributed by atoms with E-state index in [1.165, 1.54) is 11.3 Å². The maximum absolute atomic E-state index is 13.5. The minimum atomic E-state index is -0.776. The van der Waals surface area contributed by atoms with Crippen LogP contribution in [0.1, 0.15) is 15.2 Å². The molecule has 3 rings (SSSR count). The first-order chi connectivity index (χ1) is 12.0. The number of benzene rings is 2. The lowest BCUT2D eigenvalue weighted by molar-refractivity contribution is -0.119. The summed E-state index contributed by atoms with van der Waals surface area (Å²) >= 11 is 1.28. The molecule has 0 aliphatic heterocycles. The van der Waals surface area contributed by atoms with Crippen molar-refractivity contribution in [3.63, 3.8) is 0 Å². The van der Waals surface area contributed by atoms with Crippen LogP contribution >= 0.6 is 11.3 Å². The van der Waals surface area contributed by atoms with E-state index in [2.05, 4.69) is 5.32 Å². The summed E-state index contributed by atoms with van der Waals surface area (Å²) in [5.41, 5.74) is 0.473. The highest BCUT2D eigenvalue weighted by Crippen LogP contribution is 2.30. The average Bonchev–Trinajstić information content (AvgIpc) is 2.93. The van der Waals surface area contributed by atoms with Crippen molar-refractivity contribution >= 4 is 39.0 Å². The van der Waals surface area contributed by atoms with Crippen molar-refractivity contribution in [1.82, 2.24) is 0 Å². The van der Waals surface area contributed by atoms with Gasteiger partial charge in [0.2, 0.25) is 0 Å². The molecule has 1 aromatic heterocycles. The van der Waals surface area contributed by atoms with Gasteiger partial charge in [0.1, 0.15) is 16.5 Å². The van der Waals surface area contributed by atoms with Crippen LogP contribution in [0.2, 0.25) is 0 Å². The van der Waals surface area contributed by atoms with Gasteiger partial charge in [0.05, 0.1) is 5.69 Å². The molecule has 0 fully saturated rings. The molecule has 1 heterocycles. The van der Waals surface area contributed by atoms with Gasteiger partial charge in [-0.3, -0.25) is 4.79 Å². The highest BCUT2D eigenvalue weighted by Gasteiger charge is 2.18. The molecular formula is C18H13F2NO3S. The Balaban J connectivity index is 1.66. The zero-order valence-electron chi connectivity index (χ0n) is 13.1. The number of carbonyl (C=O) groups is 2. The van der Waals surface area contributed by atoms with Gasteiger partial charge < -0.3 is 10.1 Å². The number of anilines is 1. The Bertz CT molecular complexity index is 968. The van der Waals surface area contributed by atoms with Gasteiger partial charge in [-0.05, 0) is 36.1 Å². The van der Waals surface area contributed by atoms with E-state index in [0.717, 1.165) is 33.8 Å². The summed E-state index contributed by atoms with van der Waals surface area (Å²) in [6.07, 6.45) is 0. The molecule has 0 aliphatic carbocycles. The van der Waals surface area contributed by atoms with Crippen molar-refractivity contribution in [2.75, 3.05) is 11.9 Å². The number of thiophene rings is 1. The number of amides is 1. The molecule has 1 amide bonds. The summed E-state index contributed by atoms with van der Waals surface area (Å²) in [5, 5.41) is 3.12. The highest BCUT2D eigenvalue weighted by atomic mass is 32.1. The molecule has 0 spiro atoms. The molecule has 7 heteroatoms. The molecule has 0 saturated carbocycles. The minimum absolute atomic E-state index is 0.306. The van der Waals surface area contributed by atoms with Gasteiger partial charge >= 0.3 is 5.97 Å². The largest absolute Gasteiger partial charge is 0.451 e. The number of ether oxygens (including phenoxy) is 1. The lowest BCUT2D eigenvalue weighted by atomic mass is 10.1. The van der Waals surface area contributed by atoms with Gasteiger partial charge in [0.25, 0.3) is 5.91 Å². The van der Waals surface area contributed by atoms with Crippen molar-refractivity contribution in [2.45, 2.75) is 6.92 Å². The van der Waals surface area contributed by atoms with Crippen molar-refractivity contribution in [3.05, 3.63) is 64.5 Å². The van der Waals surface area contributed by atoms with E-state index in [0.29, 0.717) is 4.88 Å². The molecule has 0 unspecified atom stereocenters. The summed E-state index contributed by atoms with van der Waals surface area (Å²) < 4.78 is 32.5. The van der Waals surface area contributed by atoms with Crippen LogP contribution in [0.25, 0.3) is 10.1 Å². The van der Waals surface area contributed by atoms with Crippen molar-refractivity contribution in [2.24, 2.45) is 0 Å². The van der Waals surface area contributed by atoms with Gasteiger partial charge in [-0.15, -0.1) is 11.3 Å². The van der Waals surface area contributed by atoms with Crippen LogP contribution in [0.15, 0.2) is 42.5 Å². The molecule has 4 nitrogen and oxygen atoms in total. The van der Waals surface area contributed by atoms with E-state index >= 15 is 0 Å². The van der Waals surface area contributed by atoms with E-state index in [9.17, 15) is 18.4 Å². The Hall–Kier alpha value is -2.80. The summed E-state index contributed by atoms with van der Waals surface area (Å²) in [6, 6.07) is 10.2. The molecular weight excluding hydrogens is 348 g/mol. The molecule has 0 bridgehead atoms. The quantitative estimate of drug-likeness (QED) is 0.706. The monoisotopic (exact) mass is 361 g/mol. The highest BCUT2D eigenvalue weighted by molar-refractivity contribution is 7.21. The first-order valence-electron chi connectivity index (χ1n) is 7.36. The first kappa shape index (κ1) is 17.0. The minimum Gasteiger partial charge on any atom is -0.451 e. The summed E-state index contributed by atoms with van der Waals surface area (Å²) in [7, 11) is 0. The van der Waals surface area contributed by atoms with Crippen LogP contribution in [0.4, 0.5) is 14.5 Å². The van der Waals surface area contributed by atoms with E-state index in [4.69, 9.17) is 4.74 Å². The lowest BCUT2D eigenvalue weighted by Gasteiger charge is -2.07. The van der Waals surface area contributed by atoms with Crippen LogP contribution in [-0.4, -0.2) is 18.5 Å². The number of hydrogen-bond donors (Lipinski definition) is 1. The molecule has 0 aliphatic rings. The zero-order valence-corrected chi connectivity index (χ0v) is 14.0. The SMILES string of the molecule is Cc1c(C(=O)OCC(=O)Nc2cc(F)ccc2F)sc2ccccc12. The third-order valence-corrected chi connectivity index (χ3v) is 4.82. The van der Waals surface area contributed by atoms with Crippen molar-refractivity contribution in [3.8, 4) is 0 Å². The van der Waals surface area contributed by atoms with Crippen LogP contribution in [-0.2, 0) is 9.53 Å². The Morgan fingerprint density at radius 2 is 1.92 bits per heavy atom. The number of carbonyl (C=O) groups excluding carboxylic acids is 2. The summed E-state index contributed by atoms with van der Waals surface area (Å²) in [5.74, 6) is -2.85. The summed E-state index contributed by atoms with van der Waals surface area (Å²) in [4.78, 5) is 24.4. The predicted octanol–water partition coefficient (Wildman–Crippen LogP) is 4.28. The first-order valence-corrected chi connectivity index (χ1v) is 8.17. The third-order valence-electron chi connectivity index (χ3n) is 3.57. The van der Waals surface area contributed by atoms with E-state index in [-0.39, 0.29) is 5.69 Å². The molecule has 2 aromatic carbocycles.